The van der Waals surface area contributed by atoms with Gasteiger partial charge in [0.25, 0.3) is 0 Å². The largest absolute Gasteiger partial charge is 0.289 e. The quantitative estimate of drug-likeness (QED) is 0.640. The molecule has 0 bridgehead atoms. The Morgan fingerprint density at radius 3 is 2.79 bits per heavy atom. The second-order valence-corrected chi connectivity index (χ2v) is 4.29. The second kappa shape index (κ2) is 3.56. The van der Waals surface area contributed by atoms with Gasteiger partial charge < -0.3 is 0 Å². The smallest absolute Gasteiger partial charge is 0.0433 e. The lowest BCUT2D eigenvalue weighted by Gasteiger charge is -2.16. The van der Waals surface area contributed by atoms with Crippen LogP contribution in [0.2, 0.25) is 0 Å². The van der Waals surface area contributed by atoms with Crippen LogP contribution >= 0.6 is 0 Å². The van der Waals surface area contributed by atoms with E-state index in [1.165, 1.54) is 22.4 Å². The number of rotatable bonds is 1. The van der Waals surface area contributed by atoms with E-state index in [-0.39, 0.29) is 0 Å². The van der Waals surface area contributed by atoms with E-state index in [0.29, 0.717) is 5.92 Å². The normalized spacial score (nSPS) is 15.3. The average molecular weight is 187 g/mol. The maximum atomic E-state index is 4.49. The zero-order valence-electron chi connectivity index (χ0n) is 9.17. The van der Waals surface area contributed by atoms with Gasteiger partial charge in [-0.15, -0.1) is 0 Å². The maximum absolute atomic E-state index is 4.49. The van der Waals surface area contributed by atoms with Gasteiger partial charge in [-0.2, -0.15) is 0 Å². The third-order valence-electron chi connectivity index (χ3n) is 2.92. The van der Waals surface area contributed by atoms with Gasteiger partial charge in [-0.05, 0) is 42.0 Å². The SMILES string of the molecule is CC1=NCCc2ccc(C(C)C)cc21. The number of hydrogen-bond acceptors (Lipinski definition) is 1. The number of benzene rings is 1. The highest BCUT2D eigenvalue weighted by atomic mass is 14.7. The van der Waals surface area contributed by atoms with Gasteiger partial charge in [0.15, 0.2) is 0 Å². The molecule has 0 amide bonds. The van der Waals surface area contributed by atoms with Crippen molar-refractivity contribution in [1.29, 1.82) is 0 Å². The summed E-state index contributed by atoms with van der Waals surface area (Å²) >= 11 is 0. The van der Waals surface area contributed by atoms with Crippen LogP contribution in [-0.2, 0) is 6.42 Å². The maximum Gasteiger partial charge on any atom is 0.0433 e. The highest BCUT2D eigenvalue weighted by Crippen LogP contribution is 2.22. The van der Waals surface area contributed by atoms with Crippen LogP contribution in [0.1, 0.15) is 43.4 Å². The molecule has 1 aromatic carbocycles. The average Bonchev–Trinajstić information content (AvgIpc) is 2.18. The third-order valence-corrected chi connectivity index (χ3v) is 2.92. The standard InChI is InChI=1S/C13H17N/c1-9(2)12-5-4-11-6-7-14-10(3)13(11)8-12/h4-5,8-9H,6-7H2,1-3H3. The lowest BCUT2D eigenvalue weighted by molar-refractivity contribution is 0.859. The van der Waals surface area contributed by atoms with Crippen LogP contribution in [0.4, 0.5) is 0 Å². The Balaban J connectivity index is 2.48. The van der Waals surface area contributed by atoms with Crippen molar-refractivity contribution in [3.63, 3.8) is 0 Å². The molecule has 0 radical (unpaired) electrons. The minimum atomic E-state index is 0.607. The molecule has 1 heteroatoms. The molecule has 0 aromatic heterocycles. The van der Waals surface area contributed by atoms with Crippen LogP contribution < -0.4 is 0 Å². The lowest BCUT2D eigenvalue weighted by atomic mass is 9.92. The first-order valence-electron chi connectivity index (χ1n) is 5.32. The summed E-state index contributed by atoms with van der Waals surface area (Å²) < 4.78 is 0. The fraction of sp³-hybridized carbons (Fsp3) is 0.462. The van der Waals surface area contributed by atoms with Gasteiger partial charge in [0.2, 0.25) is 0 Å². The Morgan fingerprint density at radius 2 is 2.07 bits per heavy atom. The van der Waals surface area contributed by atoms with Crippen molar-refractivity contribution in [2.75, 3.05) is 6.54 Å². The predicted molar refractivity (Wildman–Crippen MR) is 61.3 cm³/mol. The minimum absolute atomic E-state index is 0.607. The molecule has 1 aromatic rings. The molecule has 1 nitrogen and oxygen atoms in total. The van der Waals surface area contributed by atoms with Crippen molar-refractivity contribution in [2.24, 2.45) is 4.99 Å². The van der Waals surface area contributed by atoms with Gasteiger partial charge in [0.1, 0.15) is 0 Å². The summed E-state index contributed by atoms with van der Waals surface area (Å²) in [7, 11) is 0. The fourth-order valence-electron chi connectivity index (χ4n) is 1.94. The number of hydrogen-bond donors (Lipinski definition) is 0. The minimum Gasteiger partial charge on any atom is -0.289 e. The molecule has 0 N–H and O–H groups in total. The first-order chi connectivity index (χ1) is 6.68. The molecular formula is C13H17N. The molecule has 1 aliphatic heterocycles. The topological polar surface area (TPSA) is 12.4 Å². The first-order valence-corrected chi connectivity index (χ1v) is 5.32. The van der Waals surface area contributed by atoms with E-state index in [1.807, 2.05) is 0 Å². The molecule has 0 saturated heterocycles. The highest BCUT2D eigenvalue weighted by molar-refractivity contribution is 6.00. The molecule has 0 spiro atoms. The third kappa shape index (κ3) is 1.59. The van der Waals surface area contributed by atoms with E-state index in [9.17, 15) is 0 Å². The van der Waals surface area contributed by atoms with Crippen LogP contribution in [0, 0.1) is 0 Å². The fourth-order valence-corrected chi connectivity index (χ4v) is 1.94. The van der Waals surface area contributed by atoms with Crippen LogP contribution in [0.5, 0.6) is 0 Å². The van der Waals surface area contributed by atoms with Crippen LogP contribution in [0.15, 0.2) is 23.2 Å². The van der Waals surface area contributed by atoms with E-state index < -0.39 is 0 Å². The van der Waals surface area contributed by atoms with Crippen molar-refractivity contribution in [3.05, 3.63) is 34.9 Å². The molecule has 1 heterocycles. The molecule has 1 aliphatic rings. The van der Waals surface area contributed by atoms with Gasteiger partial charge in [-0.1, -0.05) is 26.0 Å². The molecule has 14 heavy (non-hydrogen) atoms. The second-order valence-electron chi connectivity index (χ2n) is 4.29. The van der Waals surface area contributed by atoms with Gasteiger partial charge in [0, 0.05) is 12.3 Å². The Kier molecular flexibility index (Phi) is 2.40. The summed E-state index contributed by atoms with van der Waals surface area (Å²) in [5.41, 5.74) is 5.44. The summed E-state index contributed by atoms with van der Waals surface area (Å²) in [4.78, 5) is 4.49. The Bertz CT molecular complexity index is 375. The van der Waals surface area contributed by atoms with Crippen molar-refractivity contribution in [2.45, 2.75) is 33.1 Å². The van der Waals surface area contributed by atoms with Gasteiger partial charge in [0.05, 0.1) is 0 Å². The molecule has 0 atom stereocenters. The van der Waals surface area contributed by atoms with Crippen molar-refractivity contribution in [1.82, 2.24) is 0 Å². The van der Waals surface area contributed by atoms with Gasteiger partial charge in [-0.3, -0.25) is 4.99 Å². The van der Waals surface area contributed by atoms with E-state index in [2.05, 4.69) is 44.0 Å². The summed E-state index contributed by atoms with van der Waals surface area (Å²) in [6.07, 6.45) is 1.10. The van der Waals surface area contributed by atoms with E-state index in [1.54, 1.807) is 0 Å². The Hall–Kier alpha value is -1.11. The Labute approximate surface area is 85.9 Å². The molecule has 74 valence electrons. The summed E-state index contributed by atoms with van der Waals surface area (Å²) in [6.45, 7) is 7.54. The molecule has 0 unspecified atom stereocenters. The highest BCUT2D eigenvalue weighted by Gasteiger charge is 2.11. The first kappa shape index (κ1) is 9.45. The number of aliphatic imine (C=N–C) groups is 1. The predicted octanol–water partition coefficient (Wildman–Crippen LogP) is 3.18. The number of nitrogens with zero attached hydrogens (tertiary/aromatic N) is 1. The van der Waals surface area contributed by atoms with E-state index in [4.69, 9.17) is 0 Å². The zero-order chi connectivity index (χ0) is 10.1. The van der Waals surface area contributed by atoms with E-state index >= 15 is 0 Å². The molecule has 0 aliphatic carbocycles. The molecular weight excluding hydrogens is 170 g/mol. The monoisotopic (exact) mass is 187 g/mol. The van der Waals surface area contributed by atoms with Crippen molar-refractivity contribution in [3.8, 4) is 0 Å². The lowest BCUT2D eigenvalue weighted by Crippen LogP contribution is -2.10. The van der Waals surface area contributed by atoms with Gasteiger partial charge in [-0.25, -0.2) is 0 Å². The van der Waals surface area contributed by atoms with Crippen LogP contribution in [-0.4, -0.2) is 12.3 Å². The van der Waals surface area contributed by atoms with E-state index in [0.717, 1.165) is 13.0 Å². The zero-order valence-corrected chi connectivity index (χ0v) is 9.17. The summed E-state index contributed by atoms with van der Waals surface area (Å²) in [6, 6.07) is 6.82. The van der Waals surface area contributed by atoms with Crippen molar-refractivity contribution >= 4 is 5.71 Å². The number of fused-ring (bicyclic) bond motifs is 1. The Morgan fingerprint density at radius 1 is 1.29 bits per heavy atom. The molecule has 0 saturated carbocycles. The molecule has 2 rings (SSSR count). The van der Waals surface area contributed by atoms with Crippen LogP contribution in [0.25, 0.3) is 0 Å². The molecule has 0 fully saturated rings. The van der Waals surface area contributed by atoms with Gasteiger partial charge >= 0.3 is 0 Å². The van der Waals surface area contributed by atoms with Crippen LogP contribution in [0.3, 0.4) is 0 Å². The summed E-state index contributed by atoms with van der Waals surface area (Å²) in [5.74, 6) is 0.607. The van der Waals surface area contributed by atoms with Crippen molar-refractivity contribution < 1.29 is 0 Å². The summed E-state index contributed by atoms with van der Waals surface area (Å²) in [5, 5.41) is 0.